The maximum Gasteiger partial charge on any atom is 0.0549 e. The van der Waals surface area contributed by atoms with Crippen molar-refractivity contribution >= 4 is 0 Å². The summed E-state index contributed by atoms with van der Waals surface area (Å²) in [6.45, 7) is 7.70. The molecule has 16 heavy (non-hydrogen) atoms. The van der Waals surface area contributed by atoms with Crippen molar-refractivity contribution in [1.29, 1.82) is 0 Å². The normalized spacial score (nSPS) is 32.6. The Kier molecular flexibility index (Phi) is 6.37. The molecular weight excluding hydrogens is 198 g/mol. The SMILES string of the molecule is CCC(O)CCNC1CCC(C)CC1CC. The van der Waals surface area contributed by atoms with Crippen molar-refractivity contribution in [2.75, 3.05) is 6.54 Å². The van der Waals surface area contributed by atoms with E-state index in [0.29, 0.717) is 6.04 Å². The van der Waals surface area contributed by atoms with Crippen LogP contribution in [0, 0.1) is 11.8 Å². The van der Waals surface area contributed by atoms with E-state index in [9.17, 15) is 5.11 Å². The summed E-state index contributed by atoms with van der Waals surface area (Å²) in [6, 6.07) is 0.699. The Hall–Kier alpha value is -0.0800. The maximum absolute atomic E-state index is 9.51. The van der Waals surface area contributed by atoms with Gasteiger partial charge in [0.05, 0.1) is 6.10 Å². The largest absolute Gasteiger partial charge is 0.393 e. The zero-order valence-corrected chi connectivity index (χ0v) is 11.2. The van der Waals surface area contributed by atoms with E-state index in [4.69, 9.17) is 0 Å². The van der Waals surface area contributed by atoms with E-state index in [1.807, 2.05) is 6.92 Å². The van der Waals surface area contributed by atoms with Crippen LogP contribution in [-0.4, -0.2) is 23.8 Å². The second-order valence-corrected chi connectivity index (χ2v) is 5.50. The molecule has 0 aliphatic heterocycles. The zero-order chi connectivity index (χ0) is 12.0. The quantitative estimate of drug-likeness (QED) is 0.731. The van der Waals surface area contributed by atoms with E-state index in [0.717, 1.165) is 31.2 Å². The van der Waals surface area contributed by atoms with Crippen LogP contribution < -0.4 is 5.32 Å². The standard InChI is InChI=1S/C14H29NO/c1-4-12-10-11(3)6-7-14(12)15-9-8-13(16)5-2/h11-16H,4-10H2,1-3H3. The van der Waals surface area contributed by atoms with E-state index in [1.165, 1.54) is 25.7 Å². The smallest absolute Gasteiger partial charge is 0.0549 e. The highest BCUT2D eigenvalue weighted by atomic mass is 16.3. The number of hydrogen-bond donors (Lipinski definition) is 2. The maximum atomic E-state index is 9.51. The zero-order valence-electron chi connectivity index (χ0n) is 11.2. The Labute approximate surface area is 101 Å². The summed E-state index contributed by atoms with van der Waals surface area (Å²) in [5.41, 5.74) is 0. The van der Waals surface area contributed by atoms with Crippen molar-refractivity contribution in [3.8, 4) is 0 Å². The fraction of sp³-hybridized carbons (Fsp3) is 1.00. The summed E-state index contributed by atoms with van der Waals surface area (Å²) < 4.78 is 0. The Morgan fingerprint density at radius 2 is 2.06 bits per heavy atom. The fourth-order valence-electron chi connectivity index (χ4n) is 2.86. The van der Waals surface area contributed by atoms with Gasteiger partial charge in [0.15, 0.2) is 0 Å². The number of rotatable bonds is 6. The van der Waals surface area contributed by atoms with Crippen molar-refractivity contribution in [3.05, 3.63) is 0 Å². The van der Waals surface area contributed by atoms with Crippen molar-refractivity contribution < 1.29 is 5.11 Å². The molecule has 0 amide bonds. The van der Waals surface area contributed by atoms with Gasteiger partial charge in [-0.15, -0.1) is 0 Å². The minimum atomic E-state index is -0.116. The van der Waals surface area contributed by atoms with Crippen molar-refractivity contribution in [2.45, 2.75) is 71.4 Å². The summed E-state index contributed by atoms with van der Waals surface area (Å²) in [4.78, 5) is 0. The molecule has 0 aromatic carbocycles. The number of hydrogen-bond acceptors (Lipinski definition) is 2. The Bertz CT molecular complexity index is 184. The van der Waals surface area contributed by atoms with Crippen LogP contribution in [0.2, 0.25) is 0 Å². The van der Waals surface area contributed by atoms with Gasteiger partial charge >= 0.3 is 0 Å². The van der Waals surface area contributed by atoms with Crippen LogP contribution in [0.5, 0.6) is 0 Å². The van der Waals surface area contributed by atoms with Gasteiger partial charge in [0.1, 0.15) is 0 Å². The molecular formula is C14H29NO. The van der Waals surface area contributed by atoms with Gasteiger partial charge in [-0.05, 0) is 50.5 Å². The number of aliphatic hydroxyl groups excluding tert-OH is 1. The number of aliphatic hydroxyl groups is 1. The molecule has 4 atom stereocenters. The first kappa shape index (κ1) is 14.0. The first-order valence-corrected chi connectivity index (χ1v) is 7.08. The average Bonchev–Trinajstić information content (AvgIpc) is 2.30. The Morgan fingerprint density at radius 3 is 2.69 bits per heavy atom. The molecule has 2 N–H and O–H groups in total. The topological polar surface area (TPSA) is 32.3 Å². The fourth-order valence-corrected chi connectivity index (χ4v) is 2.86. The lowest BCUT2D eigenvalue weighted by Gasteiger charge is -2.35. The minimum Gasteiger partial charge on any atom is -0.393 e. The summed E-state index contributed by atoms with van der Waals surface area (Å²) in [7, 11) is 0. The Morgan fingerprint density at radius 1 is 1.31 bits per heavy atom. The summed E-state index contributed by atoms with van der Waals surface area (Å²) in [6.07, 6.45) is 7.02. The van der Waals surface area contributed by atoms with E-state index < -0.39 is 0 Å². The molecule has 1 fully saturated rings. The highest BCUT2D eigenvalue weighted by Gasteiger charge is 2.26. The Balaban J connectivity index is 2.24. The van der Waals surface area contributed by atoms with Crippen LogP contribution in [0.3, 0.4) is 0 Å². The average molecular weight is 227 g/mol. The van der Waals surface area contributed by atoms with Crippen LogP contribution in [-0.2, 0) is 0 Å². The van der Waals surface area contributed by atoms with E-state index >= 15 is 0 Å². The van der Waals surface area contributed by atoms with E-state index in [2.05, 4.69) is 19.2 Å². The lowest BCUT2D eigenvalue weighted by Crippen LogP contribution is -2.41. The molecule has 0 bridgehead atoms. The molecule has 1 aliphatic rings. The van der Waals surface area contributed by atoms with Crippen molar-refractivity contribution in [1.82, 2.24) is 5.32 Å². The van der Waals surface area contributed by atoms with Crippen LogP contribution in [0.1, 0.15) is 59.3 Å². The van der Waals surface area contributed by atoms with Crippen LogP contribution in [0.25, 0.3) is 0 Å². The van der Waals surface area contributed by atoms with Gasteiger partial charge in [0.25, 0.3) is 0 Å². The third-order valence-corrected chi connectivity index (χ3v) is 4.12. The van der Waals surface area contributed by atoms with Gasteiger partial charge in [-0.1, -0.05) is 27.2 Å². The highest BCUT2D eigenvalue weighted by Crippen LogP contribution is 2.30. The molecule has 2 heteroatoms. The van der Waals surface area contributed by atoms with Gasteiger partial charge in [-0.2, -0.15) is 0 Å². The van der Waals surface area contributed by atoms with Crippen LogP contribution in [0.15, 0.2) is 0 Å². The van der Waals surface area contributed by atoms with Crippen molar-refractivity contribution in [3.63, 3.8) is 0 Å². The van der Waals surface area contributed by atoms with Crippen molar-refractivity contribution in [2.24, 2.45) is 11.8 Å². The molecule has 1 rings (SSSR count). The second kappa shape index (κ2) is 7.29. The molecule has 0 saturated heterocycles. The summed E-state index contributed by atoms with van der Waals surface area (Å²) >= 11 is 0. The lowest BCUT2D eigenvalue weighted by atomic mass is 9.77. The van der Waals surface area contributed by atoms with E-state index in [1.54, 1.807) is 0 Å². The van der Waals surface area contributed by atoms with Crippen LogP contribution >= 0.6 is 0 Å². The molecule has 96 valence electrons. The second-order valence-electron chi connectivity index (χ2n) is 5.50. The first-order valence-electron chi connectivity index (χ1n) is 7.08. The third-order valence-electron chi connectivity index (χ3n) is 4.12. The molecule has 0 radical (unpaired) electrons. The molecule has 0 aromatic rings. The molecule has 0 aromatic heterocycles. The van der Waals surface area contributed by atoms with Crippen LogP contribution in [0.4, 0.5) is 0 Å². The van der Waals surface area contributed by atoms with E-state index in [-0.39, 0.29) is 6.10 Å². The van der Waals surface area contributed by atoms with Gasteiger partial charge < -0.3 is 10.4 Å². The molecule has 0 spiro atoms. The van der Waals surface area contributed by atoms with Gasteiger partial charge in [0.2, 0.25) is 0 Å². The monoisotopic (exact) mass is 227 g/mol. The minimum absolute atomic E-state index is 0.116. The lowest BCUT2D eigenvalue weighted by molar-refractivity contribution is 0.150. The molecule has 2 nitrogen and oxygen atoms in total. The highest BCUT2D eigenvalue weighted by molar-refractivity contribution is 4.82. The van der Waals surface area contributed by atoms with Gasteiger partial charge in [-0.25, -0.2) is 0 Å². The predicted octanol–water partition coefficient (Wildman–Crippen LogP) is 2.95. The first-order chi connectivity index (χ1) is 7.67. The van der Waals surface area contributed by atoms with Gasteiger partial charge in [-0.3, -0.25) is 0 Å². The number of nitrogens with one attached hydrogen (secondary N) is 1. The molecule has 1 aliphatic carbocycles. The molecule has 0 heterocycles. The molecule has 1 saturated carbocycles. The summed E-state index contributed by atoms with van der Waals surface area (Å²) in [5.74, 6) is 1.76. The predicted molar refractivity (Wildman–Crippen MR) is 69.5 cm³/mol. The third kappa shape index (κ3) is 4.42. The molecule has 4 unspecified atom stereocenters. The van der Waals surface area contributed by atoms with Gasteiger partial charge in [0, 0.05) is 6.04 Å². The summed E-state index contributed by atoms with van der Waals surface area (Å²) in [5, 5.41) is 13.2.